The van der Waals surface area contributed by atoms with Crippen molar-refractivity contribution in [2.45, 2.75) is 39.2 Å². The summed E-state index contributed by atoms with van der Waals surface area (Å²) in [5.41, 5.74) is 2.36. The Kier molecular flexibility index (Phi) is 5.25. The van der Waals surface area contributed by atoms with Gasteiger partial charge in [0.25, 0.3) is 5.91 Å². The van der Waals surface area contributed by atoms with Crippen LogP contribution in [0.4, 0.5) is 5.69 Å². The minimum Gasteiger partial charge on any atom is -0.481 e. The number of nitrogens with zero attached hydrogens (tertiary/aromatic N) is 1. The van der Waals surface area contributed by atoms with E-state index in [1.807, 2.05) is 30.3 Å². The van der Waals surface area contributed by atoms with Gasteiger partial charge in [0.15, 0.2) is 6.10 Å². The van der Waals surface area contributed by atoms with Gasteiger partial charge >= 0.3 is 0 Å². The smallest absolute Gasteiger partial charge is 0.265 e. The second kappa shape index (κ2) is 7.18. The van der Waals surface area contributed by atoms with Crippen molar-refractivity contribution in [1.29, 1.82) is 5.26 Å². The summed E-state index contributed by atoms with van der Waals surface area (Å²) in [6, 6.07) is 16.5. The van der Waals surface area contributed by atoms with Crippen molar-refractivity contribution in [1.82, 2.24) is 0 Å². The molecule has 0 aromatic heterocycles. The minimum atomic E-state index is -0.647. The summed E-state index contributed by atoms with van der Waals surface area (Å²) < 4.78 is 5.65. The van der Waals surface area contributed by atoms with Crippen LogP contribution in [0.2, 0.25) is 0 Å². The van der Waals surface area contributed by atoms with E-state index in [2.05, 4.69) is 26.1 Å². The summed E-state index contributed by atoms with van der Waals surface area (Å²) in [4.78, 5) is 12.4. The number of carbonyl (C=O) groups is 1. The molecule has 0 saturated carbocycles. The first-order valence-electron chi connectivity index (χ1n) is 7.88. The lowest BCUT2D eigenvalue weighted by Crippen LogP contribution is -2.31. The Morgan fingerprint density at radius 1 is 1.12 bits per heavy atom. The molecule has 0 aliphatic rings. The summed E-state index contributed by atoms with van der Waals surface area (Å²) in [6.07, 6.45) is -0.647. The lowest BCUT2D eigenvalue weighted by atomic mass is 9.86. The van der Waals surface area contributed by atoms with Crippen LogP contribution in [0.25, 0.3) is 0 Å². The first-order valence-corrected chi connectivity index (χ1v) is 7.88. The van der Waals surface area contributed by atoms with Crippen molar-refractivity contribution in [3.8, 4) is 11.8 Å². The van der Waals surface area contributed by atoms with Gasteiger partial charge in [-0.05, 0) is 48.2 Å². The molecular weight excluding hydrogens is 300 g/mol. The third kappa shape index (κ3) is 4.36. The minimum absolute atomic E-state index is 0.0684. The normalized spacial score (nSPS) is 12.1. The number of hydrogen-bond donors (Lipinski definition) is 1. The number of carbonyl (C=O) groups excluding carboxylic acids is 1. The maximum absolute atomic E-state index is 12.4. The van der Waals surface area contributed by atoms with Gasteiger partial charge in [-0.15, -0.1) is 0 Å². The first-order chi connectivity index (χ1) is 11.3. The number of benzene rings is 2. The van der Waals surface area contributed by atoms with Crippen LogP contribution in [-0.4, -0.2) is 12.0 Å². The molecular formula is C20H22N2O2. The highest BCUT2D eigenvalue weighted by atomic mass is 16.5. The predicted octanol–water partition coefficient (Wildman–Crippen LogP) is 4.26. The van der Waals surface area contributed by atoms with Gasteiger partial charge in [-0.25, -0.2) is 0 Å². The van der Waals surface area contributed by atoms with Crippen LogP contribution >= 0.6 is 0 Å². The average Bonchev–Trinajstić information content (AvgIpc) is 2.55. The van der Waals surface area contributed by atoms with E-state index in [0.29, 0.717) is 11.3 Å². The molecule has 0 heterocycles. The Bertz CT molecular complexity index is 752. The summed E-state index contributed by atoms with van der Waals surface area (Å²) >= 11 is 0. The Balaban J connectivity index is 2.08. The van der Waals surface area contributed by atoms with Crippen LogP contribution in [0.5, 0.6) is 5.75 Å². The molecule has 124 valence electrons. The number of nitrogens with one attached hydrogen (secondary N) is 1. The van der Waals surface area contributed by atoms with Crippen molar-refractivity contribution >= 4 is 11.6 Å². The fraction of sp³-hybridized carbons (Fsp3) is 0.300. The molecule has 0 bridgehead atoms. The van der Waals surface area contributed by atoms with E-state index in [4.69, 9.17) is 10.00 Å². The van der Waals surface area contributed by atoms with Crippen LogP contribution in [0.1, 0.15) is 38.8 Å². The Labute approximate surface area is 143 Å². The first kappa shape index (κ1) is 17.6. The van der Waals surface area contributed by atoms with E-state index in [-0.39, 0.29) is 11.3 Å². The molecule has 0 saturated heterocycles. The molecule has 1 atom stereocenters. The van der Waals surface area contributed by atoms with E-state index in [1.165, 1.54) is 0 Å². The van der Waals surface area contributed by atoms with Gasteiger partial charge in [-0.2, -0.15) is 5.26 Å². The number of para-hydroxylation sites is 1. The molecule has 0 aliphatic heterocycles. The van der Waals surface area contributed by atoms with E-state index in [1.54, 1.807) is 31.2 Å². The number of ether oxygens (including phenoxy) is 1. The Morgan fingerprint density at radius 3 is 2.33 bits per heavy atom. The van der Waals surface area contributed by atoms with Gasteiger partial charge in [0, 0.05) is 5.69 Å². The molecule has 0 spiro atoms. The molecule has 4 nitrogen and oxygen atoms in total. The number of hydrogen-bond acceptors (Lipinski definition) is 3. The zero-order chi connectivity index (χ0) is 17.7. The molecule has 2 aromatic rings. The second-order valence-electron chi connectivity index (χ2n) is 6.68. The summed E-state index contributed by atoms with van der Waals surface area (Å²) in [5.74, 6) is 0.344. The van der Waals surface area contributed by atoms with Crippen LogP contribution in [-0.2, 0) is 10.2 Å². The highest BCUT2D eigenvalue weighted by molar-refractivity contribution is 5.95. The number of anilines is 1. The standard InChI is InChI=1S/C20H22N2O2/c1-14(24-16-11-9-15(13-21)10-12-16)19(23)22-18-8-6-5-7-17(18)20(2,3)4/h5-12,14H,1-4H3,(H,22,23). The highest BCUT2D eigenvalue weighted by Crippen LogP contribution is 2.29. The molecule has 0 fully saturated rings. The molecule has 0 aliphatic carbocycles. The molecule has 1 amide bonds. The van der Waals surface area contributed by atoms with Crippen molar-refractivity contribution in [3.63, 3.8) is 0 Å². The van der Waals surface area contributed by atoms with Crippen molar-refractivity contribution in [2.75, 3.05) is 5.32 Å². The fourth-order valence-corrected chi connectivity index (χ4v) is 2.35. The SMILES string of the molecule is CC(Oc1ccc(C#N)cc1)C(=O)Nc1ccccc1C(C)(C)C. The topological polar surface area (TPSA) is 62.1 Å². The third-order valence-corrected chi connectivity index (χ3v) is 3.66. The van der Waals surface area contributed by atoms with Gasteiger partial charge < -0.3 is 10.1 Å². The third-order valence-electron chi connectivity index (χ3n) is 3.66. The molecule has 2 aromatic carbocycles. The zero-order valence-electron chi connectivity index (χ0n) is 14.5. The highest BCUT2D eigenvalue weighted by Gasteiger charge is 2.21. The lowest BCUT2D eigenvalue weighted by molar-refractivity contribution is -0.122. The summed E-state index contributed by atoms with van der Waals surface area (Å²) in [5, 5.41) is 11.7. The number of rotatable bonds is 4. The van der Waals surface area contributed by atoms with E-state index < -0.39 is 6.10 Å². The van der Waals surface area contributed by atoms with E-state index in [9.17, 15) is 4.79 Å². The molecule has 1 N–H and O–H groups in total. The van der Waals surface area contributed by atoms with Gasteiger partial charge in [-0.1, -0.05) is 39.0 Å². The summed E-state index contributed by atoms with van der Waals surface area (Å²) in [6.45, 7) is 8.02. The largest absolute Gasteiger partial charge is 0.481 e. The zero-order valence-corrected chi connectivity index (χ0v) is 14.5. The fourth-order valence-electron chi connectivity index (χ4n) is 2.35. The molecule has 4 heteroatoms. The van der Waals surface area contributed by atoms with Gasteiger partial charge in [0.1, 0.15) is 5.75 Å². The van der Waals surface area contributed by atoms with Crippen LogP contribution in [0.3, 0.4) is 0 Å². The van der Waals surface area contributed by atoms with Crippen LogP contribution in [0, 0.1) is 11.3 Å². The van der Waals surface area contributed by atoms with E-state index in [0.717, 1.165) is 11.3 Å². The second-order valence-corrected chi connectivity index (χ2v) is 6.68. The maximum Gasteiger partial charge on any atom is 0.265 e. The Morgan fingerprint density at radius 2 is 1.75 bits per heavy atom. The number of nitriles is 1. The quantitative estimate of drug-likeness (QED) is 0.914. The van der Waals surface area contributed by atoms with Crippen LogP contribution in [0.15, 0.2) is 48.5 Å². The van der Waals surface area contributed by atoms with Crippen molar-refractivity contribution < 1.29 is 9.53 Å². The molecule has 0 radical (unpaired) electrons. The summed E-state index contributed by atoms with van der Waals surface area (Å²) in [7, 11) is 0. The monoisotopic (exact) mass is 322 g/mol. The molecule has 1 unspecified atom stereocenters. The molecule has 2 rings (SSSR count). The van der Waals surface area contributed by atoms with E-state index >= 15 is 0 Å². The van der Waals surface area contributed by atoms with Crippen molar-refractivity contribution in [2.24, 2.45) is 0 Å². The van der Waals surface area contributed by atoms with Crippen LogP contribution < -0.4 is 10.1 Å². The van der Waals surface area contributed by atoms with Crippen molar-refractivity contribution in [3.05, 3.63) is 59.7 Å². The number of amides is 1. The molecule has 24 heavy (non-hydrogen) atoms. The lowest BCUT2D eigenvalue weighted by Gasteiger charge is -2.24. The average molecular weight is 322 g/mol. The van der Waals surface area contributed by atoms with Gasteiger partial charge in [0.2, 0.25) is 0 Å². The van der Waals surface area contributed by atoms with Gasteiger partial charge in [0.05, 0.1) is 11.6 Å². The van der Waals surface area contributed by atoms with Gasteiger partial charge in [-0.3, -0.25) is 4.79 Å². The Hall–Kier alpha value is -2.80. The maximum atomic E-state index is 12.4. The predicted molar refractivity (Wildman–Crippen MR) is 95.0 cm³/mol.